The molecular formula is C13H9ClN2Se. The third-order valence-electron chi connectivity index (χ3n) is 2.46. The third kappa shape index (κ3) is 2.22. The van der Waals surface area contributed by atoms with Crippen molar-refractivity contribution in [3.8, 4) is 0 Å². The monoisotopic (exact) mass is 308 g/mol. The Morgan fingerprint density at radius 3 is 2.59 bits per heavy atom. The van der Waals surface area contributed by atoms with E-state index in [4.69, 9.17) is 11.6 Å². The fourth-order valence-corrected chi connectivity index (χ4v) is 3.59. The number of H-pyrrole nitrogens is 1. The number of halogens is 1. The average Bonchev–Trinajstić information content (AvgIpc) is 2.76. The van der Waals surface area contributed by atoms with E-state index in [0.29, 0.717) is 0 Å². The van der Waals surface area contributed by atoms with E-state index in [9.17, 15) is 0 Å². The summed E-state index contributed by atoms with van der Waals surface area (Å²) in [5.41, 5.74) is 1.10. The number of hydrogen-bond acceptors (Lipinski definition) is 1. The van der Waals surface area contributed by atoms with Gasteiger partial charge in [-0.2, -0.15) is 0 Å². The molecule has 0 radical (unpaired) electrons. The molecule has 1 heterocycles. The van der Waals surface area contributed by atoms with Crippen LogP contribution in [-0.2, 0) is 0 Å². The first kappa shape index (κ1) is 10.8. The van der Waals surface area contributed by atoms with Gasteiger partial charge in [-0.25, -0.2) is 0 Å². The summed E-state index contributed by atoms with van der Waals surface area (Å²) in [5.74, 6) is 0. The van der Waals surface area contributed by atoms with Gasteiger partial charge in [-0.15, -0.1) is 0 Å². The number of nitrogens with zero attached hydrogens (tertiary/aromatic N) is 1. The Bertz CT molecular complexity index is 646. The number of nitrogens with one attached hydrogen (secondary N) is 1. The minimum atomic E-state index is 0.212. The summed E-state index contributed by atoms with van der Waals surface area (Å²) in [5, 5.41) is 9.43. The molecule has 0 aliphatic carbocycles. The number of aromatic amines is 1. The first-order valence-corrected chi connectivity index (χ1v) is 7.28. The van der Waals surface area contributed by atoms with Crippen LogP contribution in [0, 0.1) is 0 Å². The van der Waals surface area contributed by atoms with E-state index in [1.165, 1.54) is 9.85 Å². The minimum absolute atomic E-state index is 0.212. The van der Waals surface area contributed by atoms with Crippen LogP contribution in [-0.4, -0.2) is 25.2 Å². The molecule has 4 heteroatoms. The molecule has 0 saturated heterocycles. The summed E-state index contributed by atoms with van der Waals surface area (Å²) < 4.78 is 2.41. The second kappa shape index (κ2) is 4.53. The SMILES string of the molecule is Clc1ccc([Se]c2n[nH]c3ccccc23)cc1. The summed E-state index contributed by atoms with van der Waals surface area (Å²) >= 11 is 6.09. The molecule has 2 aromatic carbocycles. The predicted molar refractivity (Wildman–Crippen MR) is 72.6 cm³/mol. The van der Waals surface area contributed by atoms with Crippen molar-refractivity contribution in [2.24, 2.45) is 0 Å². The van der Waals surface area contributed by atoms with Gasteiger partial charge in [0.15, 0.2) is 0 Å². The van der Waals surface area contributed by atoms with Gasteiger partial charge in [-0.05, 0) is 0 Å². The Balaban J connectivity index is 1.97. The second-order valence-electron chi connectivity index (χ2n) is 3.63. The van der Waals surface area contributed by atoms with Crippen molar-refractivity contribution in [1.82, 2.24) is 10.2 Å². The fraction of sp³-hybridized carbons (Fsp3) is 0. The summed E-state index contributed by atoms with van der Waals surface area (Å²) in [6.07, 6.45) is 0. The fourth-order valence-electron chi connectivity index (χ4n) is 1.63. The average molecular weight is 308 g/mol. The molecule has 0 aliphatic rings. The molecule has 0 amide bonds. The molecule has 1 N–H and O–H groups in total. The Labute approximate surface area is 110 Å². The van der Waals surface area contributed by atoms with Crippen LogP contribution < -0.4 is 9.05 Å². The molecule has 0 unspecified atom stereocenters. The molecule has 0 fully saturated rings. The molecule has 0 bridgehead atoms. The number of aromatic nitrogens is 2. The Hall–Kier alpha value is -1.28. The molecule has 0 spiro atoms. The molecule has 0 aliphatic heterocycles. The zero-order chi connectivity index (χ0) is 11.7. The Morgan fingerprint density at radius 2 is 1.76 bits per heavy atom. The van der Waals surface area contributed by atoms with Gasteiger partial charge in [0, 0.05) is 0 Å². The van der Waals surface area contributed by atoms with Crippen molar-refractivity contribution in [2.45, 2.75) is 0 Å². The van der Waals surface area contributed by atoms with Crippen LogP contribution in [0.15, 0.2) is 48.5 Å². The van der Waals surface area contributed by atoms with Crippen molar-refractivity contribution in [1.29, 1.82) is 0 Å². The summed E-state index contributed by atoms with van der Waals surface area (Å²) in [4.78, 5) is 0. The summed E-state index contributed by atoms with van der Waals surface area (Å²) in [6.45, 7) is 0. The zero-order valence-corrected chi connectivity index (χ0v) is 11.3. The van der Waals surface area contributed by atoms with Gasteiger partial charge >= 0.3 is 110 Å². The molecule has 0 atom stereocenters. The molecule has 3 aromatic rings. The van der Waals surface area contributed by atoms with Crippen molar-refractivity contribution < 1.29 is 0 Å². The Morgan fingerprint density at radius 1 is 1.00 bits per heavy atom. The molecule has 17 heavy (non-hydrogen) atoms. The van der Waals surface area contributed by atoms with Crippen molar-refractivity contribution in [2.75, 3.05) is 0 Å². The van der Waals surface area contributed by atoms with E-state index in [1.807, 2.05) is 30.3 Å². The van der Waals surface area contributed by atoms with Crippen molar-refractivity contribution in [3.05, 3.63) is 53.6 Å². The molecular weight excluding hydrogens is 299 g/mol. The van der Waals surface area contributed by atoms with Crippen LogP contribution in [0.2, 0.25) is 5.02 Å². The Kier molecular flexibility index (Phi) is 2.89. The van der Waals surface area contributed by atoms with E-state index in [2.05, 4.69) is 28.4 Å². The number of benzene rings is 2. The van der Waals surface area contributed by atoms with Gasteiger partial charge in [0.05, 0.1) is 0 Å². The third-order valence-corrected chi connectivity index (χ3v) is 4.84. The van der Waals surface area contributed by atoms with Crippen LogP contribution in [0.5, 0.6) is 0 Å². The van der Waals surface area contributed by atoms with Crippen molar-refractivity contribution >= 4 is 46.5 Å². The maximum absolute atomic E-state index is 5.87. The van der Waals surface area contributed by atoms with E-state index in [1.54, 1.807) is 0 Å². The van der Waals surface area contributed by atoms with Gasteiger partial charge in [-0.3, -0.25) is 0 Å². The normalized spacial score (nSPS) is 10.9. The van der Waals surface area contributed by atoms with Gasteiger partial charge < -0.3 is 0 Å². The topological polar surface area (TPSA) is 28.7 Å². The van der Waals surface area contributed by atoms with Gasteiger partial charge in [0.1, 0.15) is 0 Å². The molecule has 2 nitrogen and oxygen atoms in total. The first-order chi connectivity index (χ1) is 8.33. The van der Waals surface area contributed by atoms with E-state index in [0.717, 1.165) is 15.1 Å². The van der Waals surface area contributed by atoms with Gasteiger partial charge in [0.25, 0.3) is 0 Å². The molecule has 3 rings (SSSR count). The molecule has 0 saturated carbocycles. The summed E-state index contributed by atoms with van der Waals surface area (Å²) in [6, 6.07) is 16.2. The number of rotatable bonds is 2. The summed E-state index contributed by atoms with van der Waals surface area (Å²) in [7, 11) is 0. The quantitative estimate of drug-likeness (QED) is 0.720. The van der Waals surface area contributed by atoms with Crippen LogP contribution in [0.25, 0.3) is 10.9 Å². The zero-order valence-electron chi connectivity index (χ0n) is 8.85. The van der Waals surface area contributed by atoms with E-state index < -0.39 is 0 Å². The number of hydrogen-bond donors (Lipinski definition) is 1. The number of fused-ring (bicyclic) bond motifs is 1. The first-order valence-electron chi connectivity index (χ1n) is 5.19. The van der Waals surface area contributed by atoms with Crippen molar-refractivity contribution in [3.63, 3.8) is 0 Å². The van der Waals surface area contributed by atoms with Gasteiger partial charge in [-0.1, -0.05) is 0 Å². The van der Waals surface area contributed by atoms with Gasteiger partial charge in [0.2, 0.25) is 0 Å². The number of para-hydroxylation sites is 1. The van der Waals surface area contributed by atoms with E-state index in [-0.39, 0.29) is 15.0 Å². The molecule has 84 valence electrons. The maximum atomic E-state index is 5.87. The van der Waals surface area contributed by atoms with E-state index >= 15 is 0 Å². The standard InChI is InChI=1S/C13H9ClN2Se/c14-9-5-7-10(8-6-9)17-13-11-3-1-2-4-12(11)15-16-13/h1-8H,(H,15,16). The van der Waals surface area contributed by atoms with Crippen LogP contribution in [0.3, 0.4) is 0 Å². The van der Waals surface area contributed by atoms with Crippen LogP contribution >= 0.6 is 11.6 Å². The molecule has 1 aromatic heterocycles. The second-order valence-corrected chi connectivity index (χ2v) is 6.30. The van der Waals surface area contributed by atoms with Crippen LogP contribution in [0.4, 0.5) is 0 Å². The van der Waals surface area contributed by atoms with Crippen LogP contribution in [0.1, 0.15) is 0 Å². The predicted octanol–water partition coefficient (Wildman–Crippen LogP) is 1.87.